The van der Waals surface area contributed by atoms with Crippen molar-refractivity contribution in [2.75, 3.05) is 0 Å². The normalized spacial score (nSPS) is 19.1. The molecule has 78 valence electrons. The molecule has 0 aromatic carbocycles. The van der Waals surface area contributed by atoms with Crippen LogP contribution in [0.4, 0.5) is 0 Å². The number of aromatic nitrogens is 2. The van der Waals surface area contributed by atoms with E-state index in [1.165, 1.54) is 0 Å². The van der Waals surface area contributed by atoms with Gasteiger partial charge in [0.05, 0.1) is 11.9 Å². The molecule has 1 aromatic heterocycles. The first kappa shape index (κ1) is 9.96. The van der Waals surface area contributed by atoms with Crippen LogP contribution in [0, 0.1) is 0 Å². The minimum absolute atomic E-state index is 0.0262. The first-order valence-corrected chi connectivity index (χ1v) is 5.10. The highest BCUT2D eigenvalue weighted by Gasteiger charge is 2.09. The zero-order valence-corrected chi connectivity index (χ0v) is 9.18. The van der Waals surface area contributed by atoms with Gasteiger partial charge in [0.15, 0.2) is 0 Å². The van der Waals surface area contributed by atoms with Gasteiger partial charge in [-0.3, -0.25) is 9.98 Å². The van der Waals surface area contributed by atoms with E-state index in [4.69, 9.17) is 0 Å². The van der Waals surface area contributed by atoms with Crippen LogP contribution in [0.25, 0.3) is 0 Å². The molecular formula is C11H14N4. The molecule has 0 N–H and O–H groups in total. The van der Waals surface area contributed by atoms with Crippen molar-refractivity contribution >= 4 is 12.4 Å². The van der Waals surface area contributed by atoms with Crippen molar-refractivity contribution in [2.45, 2.75) is 32.9 Å². The van der Waals surface area contributed by atoms with E-state index >= 15 is 0 Å². The Morgan fingerprint density at radius 2 is 1.93 bits per heavy atom. The fraction of sp³-hybridized carbons (Fsp3) is 0.455. The molecule has 0 spiro atoms. The van der Waals surface area contributed by atoms with Gasteiger partial charge in [0.2, 0.25) is 0 Å². The lowest BCUT2D eigenvalue weighted by molar-refractivity contribution is 0.771. The number of fused-ring (bicyclic) bond motifs is 1. The quantitative estimate of drug-likeness (QED) is 0.697. The molecule has 0 aliphatic carbocycles. The Kier molecular flexibility index (Phi) is 2.58. The molecule has 1 unspecified atom stereocenters. The molecule has 1 atom stereocenters. The summed E-state index contributed by atoms with van der Waals surface area (Å²) in [5, 5.41) is 0. The Labute approximate surface area is 89.2 Å². The van der Waals surface area contributed by atoms with Crippen LogP contribution >= 0.6 is 0 Å². The second-order valence-electron chi connectivity index (χ2n) is 3.91. The third-order valence-corrected chi connectivity index (χ3v) is 2.22. The van der Waals surface area contributed by atoms with Gasteiger partial charge in [-0.05, 0) is 6.92 Å². The lowest BCUT2D eigenvalue weighted by Gasteiger charge is -2.04. The zero-order valence-electron chi connectivity index (χ0n) is 9.18. The average Bonchev–Trinajstić information content (AvgIpc) is 2.40. The monoisotopic (exact) mass is 202 g/mol. The second kappa shape index (κ2) is 3.88. The van der Waals surface area contributed by atoms with E-state index in [1.807, 2.05) is 13.1 Å². The van der Waals surface area contributed by atoms with Crippen molar-refractivity contribution in [2.24, 2.45) is 9.98 Å². The van der Waals surface area contributed by atoms with Crippen molar-refractivity contribution in [1.82, 2.24) is 9.97 Å². The Hall–Kier alpha value is -1.58. The van der Waals surface area contributed by atoms with Gasteiger partial charge >= 0.3 is 0 Å². The third-order valence-electron chi connectivity index (χ3n) is 2.22. The van der Waals surface area contributed by atoms with E-state index in [0.29, 0.717) is 5.92 Å². The highest BCUT2D eigenvalue weighted by Crippen LogP contribution is 2.11. The van der Waals surface area contributed by atoms with E-state index in [9.17, 15) is 0 Å². The lowest BCUT2D eigenvalue weighted by Crippen LogP contribution is -2.04. The predicted molar refractivity (Wildman–Crippen MR) is 60.8 cm³/mol. The van der Waals surface area contributed by atoms with Crippen molar-refractivity contribution in [1.29, 1.82) is 0 Å². The highest BCUT2D eigenvalue weighted by atomic mass is 15.0. The zero-order chi connectivity index (χ0) is 10.8. The van der Waals surface area contributed by atoms with Gasteiger partial charge < -0.3 is 0 Å². The number of hydrogen-bond donors (Lipinski definition) is 0. The standard InChI is InChI=1S/C11H14N4/c1-7(2)11-14-5-9-4-12-8(3)13-6-10(9)15-11/h4-8H,1-3H3. The minimum atomic E-state index is -0.0262. The Morgan fingerprint density at radius 1 is 1.20 bits per heavy atom. The van der Waals surface area contributed by atoms with E-state index in [2.05, 4.69) is 33.8 Å². The summed E-state index contributed by atoms with van der Waals surface area (Å²) in [6.45, 7) is 6.09. The molecule has 2 rings (SSSR count). The summed E-state index contributed by atoms with van der Waals surface area (Å²) in [5.41, 5.74) is 1.80. The van der Waals surface area contributed by atoms with Gasteiger partial charge in [0, 0.05) is 23.9 Å². The molecule has 0 radical (unpaired) electrons. The molecule has 1 aromatic rings. The molecule has 0 saturated carbocycles. The number of rotatable bonds is 1. The first-order valence-electron chi connectivity index (χ1n) is 5.10. The summed E-state index contributed by atoms with van der Waals surface area (Å²) in [7, 11) is 0. The maximum atomic E-state index is 4.46. The number of aliphatic imine (C=N–C) groups is 2. The van der Waals surface area contributed by atoms with Crippen molar-refractivity contribution in [3.8, 4) is 0 Å². The van der Waals surface area contributed by atoms with Gasteiger partial charge in [-0.2, -0.15) is 0 Å². The molecular weight excluding hydrogens is 188 g/mol. The highest BCUT2D eigenvalue weighted by molar-refractivity contribution is 5.93. The average molecular weight is 202 g/mol. The van der Waals surface area contributed by atoms with Crippen molar-refractivity contribution < 1.29 is 0 Å². The Balaban J connectivity index is 2.46. The molecule has 1 aliphatic rings. The summed E-state index contributed by atoms with van der Waals surface area (Å²) < 4.78 is 0. The van der Waals surface area contributed by atoms with E-state index in [-0.39, 0.29) is 6.17 Å². The van der Waals surface area contributed by atoms with Gasteiger partial charge in [0.25, 0.3) is 0 Å². The van der Waals surface area contributed by atoms with Crippen LogP contribution in [0.5, 0.6) is 0 Å². The maximum absolute atomic E-state index is 4.46. The van der Waals surface area contributed by atoms with Crippen LogP contribution in [-0.2, 0) is 0 Å². The molecule has 4 nitrogen and oxygen atoms in total. The van der Waals surface area contributed by atoms with E-state index < -0.39 is 0 Å². The molecule has 4 heteroatoms. The summed E-state index contributed by atoms with van der Waals surface area (Å²) in [6.07, 6.45) is 5.35. The molecule has 1 aliphatic heterocycles. The predicted octanol–water partition coefficient (Wildman–Crippen LogP) is 1.80. The summed E-state index contributed by atoms with van der Waals surface area (Å²) in [4.78, 5) is 17.2. The topological polar surface area (TPSA) is 50.5 Å². The fourth-order valence-electron chi connectivity index (χ4n) is 1.30. The minimum Gasteiger partial charge on any atom is -0.266 e. The molecule has 0 bridgehead atoms. The number of hydrogen-bond acceptors (Lipinski definition) is 4. The SMILES string of the molecule is CC1N=Cc2cnc(C(C)C)nc2C=N1. The van der Waals surface area contributed by atoms with Crippen LogP contribution < -0.4 is 0 Å². The summed E-state index contributed by atoms with van der Waals surface area (Å²) >= 11 is 0. The van der Waals surface area contributed by atoms with Crippen LogP contribution in [-0.4, -0.2) is 28.6 Å². The van der Waals surface area contributed by atoms with Gasteiger partial charge in [-0.25, -0.2) is 9.97 Å². The molecule has 0 saturated heterocycles. The van der Waals surface area contributed by atoms with Crippen LogP contribution in [0.3, 0.4) is 0 Å². The third kappa shape index (κ3) is 2.09. The fourth-order valence-corrected chi connectivity index (χ4v) is 1.30. The van der Waals surface area contributed by atoms with Crippen LogP contribution in [0.2, 0.25) is 0 Å². The largest absolute Gasteiger partial charge is 0.266 e. The molecule has 15 heavy (non-hydrogen) atoms. The van der Waals surface area contributed by atoms with Gasteiger partial charge in [0.1, 0.15) is 12.0 Å². The lowest BCUT2D eigenvalue weighted by atomic mass is 10.2. The van der Waals surface area contributed by atoms with E-state index in [0.717, 1.165) is 17.1 Å². The smallest absolute Gasteiger partial charge is 0.136 e. The molecule has 0 fully saturated rings. The summed E-state index contributed by atoms with van der Waals surface area (Å²) in [5.74, 6) is 1.18. The van der Waals surface area contributed by atoms with Crippen molar-refractivity contribution in [3.63, 3.8) is 0 Å². The van der Waals surface area contributed by atoms with E-state index in [1.54, 1.807) is 12.4 Å². The number of nitrogens with zero attached hydrogens (tertiary/aromatic N) is 4. The Bertz CT molecular complexity index is 421. The van der Waals surface area contributed by atoms with Gasteiger partial charge in [-0.15, -0.1) is 0 Å². The van der Waals surface area contributed by atoms with Crippen molar-refractivity contribution in [3.05, 3.63) is 23.3 Å². The maximum Gasteiger partial charge on any atom is 0.136 e. The first-order chi connectivity index (χ1) is 7.16. The van der Waals surface area contributed by atoms with Crippen LogP contribution in [0.1, 0.15) is 43.8 Å². The summed E-state index contributed by atoms with van der Waals surface area (Å²) in [6, 6.07) is 0. The second-order valence-corrected chi connectivity index (χ2v) is 3.91. The molecule has 2 heterocycles. The van der Waals surface area contributed by atoms with Crippen LogP contribution in [0.15, 0.2) is 16.2 Å². The Morgan fingerprint density at radius 3 is 2.67 bits per heavy atom. The molecule has 0 amide bonds. The van der Waals surface area contributed by atoms with Gasteiger partial charge in [-0.1, -0.05) is 13.8 Å².